The molecule has 1 fully saturated rings. The van der Waals surface area contributed by atoms with Gasteiger partial charge in [-0.1, -0.05) is 30.3 Å². The summed E-state index contributed by atoms with van der Waals surface area (Å²) in [5, 5.41) is 0.589. The second-order valence-corrected chi connectivity index (χ2v) is 9.36. The van der Waals surface area contributed by atoms with Crippen LogP contribution in [0.2, 0.25) is 0 Å². The first-order chi connectivity index (χ1) is 15.2. The van der Waals surface area contributed by atoms with Crippen LogP contribution >= 0.6 is 11.8 Å². The molecule has 2 aromatic carbocycles. The average Bonchev–Trinajstić information content (AvgIpc) is 3.02. The molecule has 1 amide bonds. The highest BCUT2D eigenvalue weighted by Gasteiger charge is 2.21. The van der Waals surface area contributed by atoms with Gasteiger partial charge < -0.3 is 4.90 Å². The summed E-state index contributed by atoms with van der Waals surface area (Å²) in [5.74, 6) is 2.80. The largest absolute Gasteiger partial charge is 0.337 e. The van der Waals surface area contributed by atoms with Crippen LogP contribution < -0.4 is 5.56 Å². The van der Waals surface area contributed by atoms with Gasteiger partial charge >= 0.3 is 0 Å². The first-order valence-electron chi connectivity index (χ1n) is 10.9. The second-order valence-electron chi connectivity index (χ2n) is 8.13. The molecule has 0 atom stereocenters. The number of thioether (sulfide) groups is 1. The fourth-order valence-electron chi connectivity index (χ4n) is 4.38. The molecule has 31 heavy (non-hydrogen) atoms. The van der Waals surface area contributed by atoms with Gasteiger partial charge in [0, 0.05) is 62.8 Å². The lowest BCUT2D eigenvalue weighted by atomic mass is 10.1. The fourth-order valence-corrected chi connectivity index (χ4v) is 5.28. The van der Waals surface area contributed by atoms with Gasteiger partial charge in [-0.2, -0.15) is 11.8 Å². The third kappa shape index (κ3) is 4.25. The van der Waals surface area contributed by atoms with Crippen molar-refractivity contribution in [1.82, 2.24) is 19.4 Å². The molecule has 1 saturated heterocycles. The van der Waals surface area contributed by atoms with Crippen LogP contribution in [0, 0.1) is 0 Å². The van der Waals surface area contributed by atoms with Gasteiger partial charge in [-0.05, 0) is 23.8 Å². The summed E-state index contributed by atoms with van der Waals surface area (Å²) in [6, 6.07) is 15.8. The quantitative estimate of drug-likeness (QED) is 0.634. The van der Waals surface area contributed by atoms with E-state index in [0.29, 0.717) is 23.0 Å². The van der Waals surface area contributed by atoms with Gasteiger partial charge in [0.1, 0.15) is 5.82 Å². The van der Waals surface area contributed by atoms with Gasteiger partial charge in [0.15, 0.2) is 0 Å². The Morgan fingerprint density at radius 3 is 2.58 bits per heavy atom. The standard InChI is InChI=1S/C24H26N4O2S/c29-23(27-12-14-31-15-13-27)19-6-7-20-21(16-19)25-22-8-9-26(10-11-28(22)24(20)30)17-18-4-2-1-3-5-18/h1-7,16H,8-15,17H2. The molecule has 6 nitrogen and oxygen atoms in total. The highest BCUT2D eigenvalue weighted by Crippen LogP contribution is 2.18. The molecule has 160 valence electrons. The zero-order valence-corrected chi connectivity index (χ0v) is 18.3. The van der Waals surface area contributed by atoms with E-state index in [1.54, 1.807) is 18.2 Å². The van der Waals surface area contributed by atoms with Crippen molar-refractivity contribution in [2.75, 3.05) is 37.7 Å². The summed E-state index contributed by atoms with van der Waals surface area (Å²) >= 11 is 1.88. The molecule has 2 aliphatic rings. The maximum Gasteiger partial charge on any atom is 0.261 e. The van der Waals surface area contributed by atoms with Crippen LogP contribution in [0.15, 0.2) is 53.3 Å². The first-order valence-corrected chi connectivity index (χ1v) is 12.0. The van der Waals surface area contributed by atoms with Crippen molar-refractivity contribution < 1.29 is 4.79 Å². The molecule has 3 aromatic rings. The number of nitrogens with zero attached hydrogens (tertiary/aromatic N) is 4. The molecule has 0 unspecified atom stereocenters. The first kappa shape index (κ1) is 20.3. The number of benzene rings is 2. The Kier molecular flexibility index (Phi) is 5.78. The number of hydrogen-bond acceptors (Lipinski definition) is 5. The molecule has 3 heterocycles. The molecule has 0 radical (unpaired) electrons. The molecule has 0 N–H and O–H groups in total. The summed E-state index contributed by atoms with van der Waals surface area (Å²) in [7, 11) is 0. The van der Waals surface area contributed by atoms with Crippen LogP contribution in [0.1, 0.15) is 21.7 Å². The molecule has 0 spiro atoms. The summed E-state index contributed by atoms with van der Waals surface area (Å²) in [4.78, 5) is 35.2. The van der Waals surface area contributed by atoms with Gasteiger partial charge in [-0.15, -0.1) is 0 Å². The predicted octanol–water partition coefficient (Wildman–Crippen LogP) is 2.64. The minimum absolute atomic E-state index is 0.00469. The van der Waals surface area contributed by atoms with Crippen molar-refractivity contribution in [3.8, 4) is 0 Å². The number of hydrogen-bond donors (Lipinski definition) is 0. The van der Waals surface area contributed by atoms with E-state index in [1.165, 1.54) is 5.56 Å². The Bertz CT molecular complexity index is 1160. The van der Waals surface area contributed by atoms with E-state index in [1.807, 2.05) is 27.3 Å². The van der Waals surface area contributed by atoms with Gasteiger partial charge in [0.05, 0.1) is 10.9 Å². The molecule has 5 rings (SSSR count). The van der Waals surface area contributed by atoms with Crippen LogP contribution in [-0.4, -0.2) is 62.9 Å². The lowest BCUT2D eigenvalue weighted by Gasteiger charge is -2.26. The highest BCUT2D eigenvalue weighted by molar-refractivity contribution is 7.99. The van der Waals surface area contributed by atoms with Crippen LogP contribution in [0.5, 0.6) is 0 Å². The van der Waals surface area contributed by atoms with E-state index in [9.17, 15) is 9.59 Å². The normalized spacial score (nSPS) is 17.4. The lowest BCUT2D eigenvalue weighted by molar-refractivity contribution is 0.0772. The van der Waals surface area contributed by atoms with E-state index in [0.717, 1.165) is 56.5 Å². The van der Waals surface area contributed by atoms with E-state index >= 15 is 0 Å². The van der Waals surface area contributed by atoms with Crippen molar-refractivity contribution in [1.29, 1.82) is 0 Å². The number of fused-ring (bicyclic) bond motifs is 2. The highest BCUT2D eigenvalue weighted by atomic mass is 32.2. The number of rotatable bonds is 3. The third-order valence-corrected chi connectivity index (χ3v) is 7.06. The van der Waals surface area contributed by atoms with E-state index in [4.69, 9.17) is 4.98 Å². The smallest absolute Gasteiger partial charge is 0.261 e. The third-order valence-electron chi connectivity index (χ3n) is 6.12. The summed E-state index contributed by atoms with van der Waals surface area (Å²) in [6.45, 7) is 4.74. The van der Waals surface area contributed by atoms with Crippen molar-refractivity contribution in [3.63, 3.8) is 0 Å². The van der Waals surface area contributed by atoms with Gasteiger partial charge in [-0.3, -0.25) is 19.1 Å². The van der Waals surface area contributed by atoms with E-state index in [2.05, 4.69) is 29.2 Å². The van der Waals surface area contributed by atoms with Crippen LogP contribution in [0.4, 0.5) is 0 Å². The molecule has 7 heteroatoms. The zero-order chi connectivity index (χ0) is 21.2. The Labute approximate surface area is 185 Å². The maximum atomic E-state index is 13.2. The molecule has 0 saturated carbocycles. The van der Waals surface area contributed by atoms with Gasteiger partial charge in [0.25, 0.3) is 11.5 Å². The Morgan fingerprint density at radius 2 is 1.77 bits per heavy atom. The van der Waals surface area contributed by atoms with Gasteiger partial charge in [-0.25, -0.2) is 4.98 Å². The molecule has 2 aliphatic heterocycles. The monoisotopic (exact) mass is 434 g/mol. The van der Waals surface area contributed by atoms with Gasteiger partial charge in [0.2, 0.25) is 0 Å². The van der Waals surface area contributed by atoms with E-state index < -0.39 is 0 Å². The molecule has 1 aromatic heterocycles. The van der Waals surface area contributed by atoms with Crippen molar-refractivity contribution >= 4 is 28.6 Å². The van der Waals surface area contributed by atoms with Crippen molar-refractivity contribution in [2.24, 2.45) is 0 Å². The van der Waals surface area contributed by atoms with E-state index in [-0.39, 0.29) is 11.5 Å². The molecule has 0 bridgehead atoms. The molecular formula is C24H26N4O2S. The number of aromatic nitrogens is 2. The zero-order valence-electron chi connectivity index (χ0n) is 17.5. The number of carbonyl (C=O) groups excluding carboxylic acids is 1. The second kappa shape index (κ2) is 8.85. The average molecular weight is 435 g/mol. The number of amides is 1. The predicted molar refractivity (Wildman–Crippen MR) is 125 cm³/mol. The van der Waals surface area contributed by atoms with Crippen LogP contribution in [0.3, 0.4) is 0 Å². The lowest BCUT2D eigenvalue weighted by Crippen LogP contribution is -2.37. The van der Waals surface area contributed by atoms with Crippen LogP contribution in [-0.2, 0) is 19.5 Å². The number of carbonyl (C=O) groups is 1. The molecule has 0 aliphatic carbocycles. The van der Waals surface area contributed by atoms with Crippen molar-refractivity contribution in [2.45, 2.75) is 19.5 Å². The summed E-state index contributed by atoms with van der Waals surface area (Å²) in [6.07, 6.45) is 0.722. The Hall–Kier alpha value is -2.64. The maximum absolute atomic E-state index is 13.2. The Balaban J connectivity index is 1.40. The van der Waals surface area contributed by atoms with Crippen LogP contribution in [0.25, 0.3) is 10.9 Å². The minimum Gasteiger partial charge on any atom is -0.337 e. The Morgan fingerprint density at radius 1 is 0.968 bits per heavy atom. The topological polar surface area (TPSA) is 58.4 Å². The van der Waals surface area contributed by atoms with Crippen molar-refractivity contribution in [3.05, 3.63) is 75.8 Å². The SMILES string of the molecule is O=C(c1ccc2c(=O)n3c(nc2c1)CCN(Cc1ccccc1)CC3)N1CCSCC1. The molecular weight excluding hydrogens is 408 g/mol. The minimum atomic E-state index is -0.00469. The summed E-state index contributed by atoms with van der Waals surface area (Å²) < 4.78 is 1.82. The summed E-state index contributed by atoms with van der Waals surface area (Å²) in [5.41, 5.74) is 2.52. The fraction of sp³-hybridized carbons (Fsp3) is 0.375.